The van der Waals surface area contributed by atoms with Crippen LogP contribution in [-0.2, 0) is 20.6 Å². The maximum Gasteiger partial charge on any atom is 0.332 e. The van der Waals surface area contributed by atoms with E-state index in [4.69, 9.17) is 0 Å². The highest BCUT2D eigenvalue weighted by molar-refractivity contribution is 9.10. The molecule has 7 nitrogen and oxygen atoms in total. The lowest BCUT2D eigenvalue weighted by molar-refractivity contribution is 0.604. The number of fused-ring (bicyclic) bond motifs is 1. The van der Waals surface area contributed by atoms with Crippen molar-refractivity contribution in [2.45, 2.75) is 26.8 Å². The van der Waals surface area contributed by atoms with Gasteiger partial charge in [-0.15, -0.1) is 0 Å². The van der Waals surface area contributed by atoms with E-state index in [0.717, 1.165) is 27.6 Å². The molecule has 3 aromatic rings. The van der Waals surface area contributed by atoms with Crippen molar-refractivity contribution >= 4 is 33.0 Å². The second kappa shape index (κ2) is 7.72. The lowest BCUT2D eigenvalue weighted by Gasteiger charge is -2.12. The van der Waals surface area contributed by atoms with Gasteiger partial charge in [-0.05, 0) is 30.0 Å². The van der Waals surface area contributed by atoms with Gasteiger partial charge in [-0.3, -0.25) is 18.5 Å². The minimum absolute atomic E-state index is 0.338. The summed E-state index contributed by atoms with van der Waals surface area (Å²) in [7, 11) is 3.13. The number of nitrogens with one attached hydrogen (secondary N) is 1. The zero-order valence-electron chi connectivity index (χ0n) is 16.0. The predicted octanol–water partition coefficient (Wildman–Crippen LogP) is 2.70. The topological polar surface area (TPSA) is 73.8 Å². The zero-order chi connectivity index (χ0) is 19.7. The summed E-state index contributed by atoms with van der Waals surface area (Å²) in [5.74, 6) is 1.16. The molecule has 0 amide bonds. The molecule has 3 rings (SSSR count). The largest absolute Gasteiger partial charge is 0.356 e. The number of hydrogen-bond donors (Lipinski definition) is 1. The fourth-order valence-corrected chi connectivity index (χ4v) is 3.24. The van der Waals surface area contributed by atoms with Crippen molar-refractivity contribution in [3.05, 3.63) is 55.1 Å². The highest BCUT2D eigenvalue weighted by Crippen LogP contribution is 2.19. The van der Waals surface area contributed by atoms with Crippen LogP contribution >= 0.6 is 15.9 Å². The van der Waals surface area contributed by atoms with Gasteiger partial charge in [0.25, 0.3) is 5.56 Å². The highest BCUT2D eigenvalue weighted by Gasteiger charge is 2.19. The number of aryl methyl sites for hydroxylation is 1. The molecule has 0 bridgehead atoms. The van der Waals surface area contributed by atoms with Crippen LogP contribution in [0.15, 0.2) is 38.3 Å². The number of hydrogen-bond acceptors (Lipinski definition) is 4. The average molecular weight is 434 g/mol. The second-order valence-corrected chi connectivity index (χ2v) is 8.05. The summed E-state index contributed by atoms with van der Waals surface area (Å²) in [5, 5.41) is 3.34. The van der Waals surface area contributed by atoms with Crippen molar-refractivity contribution in [2.75, 3.05) is 11.9 Å². The van der Waals surface area contributed by atoms with E-state index in [-0.39, 0.29) is 11.2 Å². The van der Waals surface area contributed by atoms with Gasteiger partial charge in [0.2, 0.25) is 5.95 Å². The lowest BCUT2D eigenvalue weighted by Crippen LogP contribution is -2.37. The average Bonchev–Trinajstić information content (AvgIpc) is 2.98. The van der Waals surface area contributed by atoms with Gasteiger partial charge in [-0.2, -0.15) is 4.98 Å². The molecule has 2 aromatic heterocycles. The summed E-state index contributed by atoms with van der Waals surface area (Å²) in [6.45, 7) is 5.55. The van der Waals surface area contributed by atoms with Gasteiger partial charge in [0.1, 0.15) is 0 Å². The number of anilines is 1. The molecule has 0 aliphatic heterocycles. The minimum atomic E-state index is -0.380. The Labute approximate surface area is 165 Å². The molecule has 0 spiro atoms. The van der Waals surface area contributed by atoms with Crippen molar-refractivity contribution in [2.24, 2.45) is 20.0 Å². The van der Waals surface area contributed by atoms with Crippen LogP contribution in [0, 0.1) is 5.92 Å². The quantitative estimate of drug-likeness (QED) is 0.648. The normalized spacial score (nSPS) is 11.5. The molecular formula is C19H24BrN5O2. The molecule has 0 aliphatic rings. The van der Waals surface area contributed by atoms with Gasteiger partial charge in [-0.25, -0.2) is 4.79 Å². The van der Waals surface area contributed by atoms with Crippen LogP contribution in [0.3, 0.4) is 0 Å². The molecule has 27 heavy (non-hydrogen) atoms. The summed E-state index contributed by atoms with van der Waals surface area (Å²) in [4.78, 5) is 29.7. The number of nitrogens with zero attached hydrogens (tertiary/aromatic N) is 4. The molecule has 1 aromatic carbocycles. The molecular weight excluding hydrogens is 410 g/mol. The van der Waals surface area contributed by atoms with E-state index < -0.39 is 0 Å². The molecule has 8 heteroatoms. The summed E-state index contributed by atoms with van der Waals surface area (Å²) < 4.78 is 5.40. The minimum Gasteiger partial charge on any atom is -0.356 e. The van der Waals surface area contributed by atoms with E-state index in [1.165, 1.54) is 11.6 Å². The molecule has 0 saturated carbocycles. The summed E-state index contributed by atoms with van der Waals surface area (Å²) in [5.41, 5.74) is 1.14. The van der Waals surface area contributed by atoms with Crippen molar-refractivity contribution in [3.8, 4) is 0 Å². The Morgan fingerprint density at radius 3 is 2.41 bits per heavy atom. The lowest BCUT2D eigenvalue weighted by atomic mass is 10.1. The summed E-state index contributed by atoms with van der Waals surface area (Å²) >= 11 is 3.44. The Morgan fingerprint density at radius 1 is 1.11 bits per heavy atom. The molecule has 0 unspecified atom stereocenters. The third-order valence-corrected chi connectivity index (χ3v) is 5.14. The van der Waals surface area contributed by atoms with Crippen molar-refractivity contribution < 1.29 is 0 Å². The van der Waals surface area contributed by atoms with Crippen molar-refractivity contribution in [3.63, 3.8) is 0 Å². The second-order valence-electron chi connectivity index (χ2n) is 7.14. The van der Waals surface area contributed by atoms with E-state index in [1.54, 1.807) is 7.05 Å². The molecule has 2 heterocycles. The fraction of sp³-hybridized carbons (Fsp3) is 0.421. The van der Waals surface area contributed by atoms with Gasteiger partial charge >= 0.3 is 5.69 Å². The first-order valence-electron chi connectivity index (χ1n) is 8.94. The number of halogens is 1. The number of rotatable bonds is 6. The first-order valence-corrected chi connectivity index (χ1v) is 9.73. The number of imidazole rings is 1. The Morgan fingerprint density at radius 2 is 1.78 bits per heavy atom. The van der Waals surface area contributed by atoms with Gasteiger partial charge in [-0.1, -0.05) is 41.9 Å². The van der Waals surface area contributed by atoms with Gasteiger partial charge in [0, 0.05) is 25.1 Å². The van der Waals surface area contributed by atoms with Crippen molar-refractivity contribution in [1.29, 1.82) is 0 Å². The maximum absolute atomic E-state index is 12.8. The first kappa shape index (κ1) is 19.4. The molecule has 0 aliphatic carbocycles. The molecule has 0 radical (unpaired) electrons. The Bertz CT molecular complexity index is 1080. The Kier molecular flexibility index (Phi) is 5.55. The van der Waals surface area contributed by atoms with Crippen molar-refractivity contribution in [1.82, 2.24) is 18.7 Å². The van der Waals surface area contributed by atoms with Crippen LogP contribution in [0.25, 0.3) is 11.2 Å². The number of aromatic nitrogens is 4. The van der Waals surface area contributed by atoms with Crippen LogP contribution in [-0.4, -0.2) is 25.2 Å². The Balaban J connectivity index is 2.15. The predicted molar refractivity (Wildman–Crippen MR) is 111 cm³/mol. The molecule has 0 fully saturated rings. The summed E-state index contributed by atoms with van der Waals surface area (Å²) in [6.07, 6.45) is 0.985. The standard InChI is InChI=1S/C19H24BrN5O2/c1-12(2)9-10-21-18-22-16-15(17(26)24(4)19(27)23(16)3)25(18)11-13-5-7-14(20)8-6-13/h5-8,12H,9-11H2,1-4H3,(H,21,22). The third-order valence-electron chi connectivity index (χ3n) is 4.61. The molecule has 144 valence electrons. The van der Waals surface area contributed by atoms with E-state index in [1.807, 2.05) is 28.8 Å². The molecule has 1 N–H and O–H groups in total. The van der Waals surface area contributed by atoms with Gasteiger partial charge < -0.3 is 5.32 Å². The first-order chi connectivity index (χ1) is 12.8. The fourth-order valence-electron chi connectivity index (χ4n) is 2.98. The van der Waals surface area contributed by atoms with Crippen LogP contribution in [0.4, 0.5) is 5.95 Å². The van der Waals surface area contributed by atoms with E-state index >= 15 is 0 Å². The van der Waals surface area contributed by atoms with E-state index in [0.29, 0.717) is 29.6 Å². The molecule has 0 saturated heterocycles. The van der Waals surface area contributed by atoms with Crippen LogP contribution in [0.1, 0.15) is 25.8 Å². The molecule has 0 atom stereocenters. The van der Waals surface area contributed by atoms with Crippen LogP contribution in [0.5, 0.6) is 0 Å². The zero-order valence-corrected chi connectivity index (χ0v) is 17.6. The maximum atomic E-state index is 12.8. The monoisotopic (exact) mass is 433 g/mol. The van der Waals surface area contributed by atoms with Crippen LogP contribution < -0.4 is 16.6 Å². The third kappa shape index (κ3) is 3.85. The van der Waals surface area contributed by atoms with Gasteiger partial charge in [0.15, 0.2) is 11.2 Å². The van der Waals surface area contributed by atoms with Crippen LogP contribution in [0.2, 0.25) is 0 Å². The van der Waals surface area contributed by atoms with Gasteiger partial charge in [0.05, 0.1) is 6.54 Å². The Hall–Kier alpha value is -2.35. The SMILES string of the molecule is CC(C)CCNc1nc2c(c(=O)n(C)c(=O)n2C)n1Cc1ccc(Br)cc1. The smallest absolute Gasteiger partial charge is 0.332 e. The summed E-state index contributed by atoms with van der Waals surface area (Å²) in [6, 6.07) is 7.93. The van der Waals surface area contributed by atoms with E-state index in [2.05, 4.69) is 40.1 Å². The van der Waals surface area contributed by atoms with E-state index in [9.17, 15) is 9.59 Å². The highest BCUT2D eigenvalue weighted by atomic mass is 79.9. The number of benzene rings is 1.